The third kappa shape index (κ3) is 3.74. The van der Waals surface area contributed by atoms with Crippen molar-refractivity contribution in [3.8, 4) is 11.5 Å². The molecule has 3 heterocycles. The normalized spacial score (nSPS) is 19.4. The summed E-state index contributed by atoms with van der Waals surface area (Å²) < 4.78 is 49.7. The highest BCUT2D eigenvalue weighted by Crippen LogP contribution is 2.39. The molecule has 0 aliphatic carbocycles. The first-order valence-corrected chi connectivity index (χ1v) is 10.5. The van der Waals surface area contributed by atoms with Gasteiger partial charge in [-0.3, -0.25) is 9.69 Å². The van der Waals surface area contributed by atoms with E-state index in [-0.39, 0.29) is 32.3 Å². The Morgan fingerprint density at radius 2 is 1.82 bits per heavy atom. The molecule has 3 amide bonds. The van der Waals surface area contributed by atoms with E-state index in [1.165, 1.54) is 17.0 Å². The van der Waals surface area contributed by atoms with Crippen LogP contribution >= 0.6 is 0 Å². The molecule has 0 bridgehead atoms. The van der Waals surface area contributed by atoms with Crippen molar-refractivity contribution >= 4 is 11.9 Å². The fourth-order valence-corrected chi connectivity index (χ4v) is 4.37. The van der Waals surface area contributed by atoms with Crippen LogP contribution in [-0.2, 0) is 17.5 Å². The predicted molar refractivity (Wildman–Crippen MR) is 115 cm³/mol. The smallest absolute Gasteiger partial charge is 0.416 e. The number of carbonyl (C=O) groups is 2. The SMILES string of the molecule is C=CCN1C(=O)NC(c2ccc(C(F)(F)F)cc2)C2=C1CN(Cc1ccc3c(c1)OCO3)C2=O. The third-order valence-electron chi connectivity index (χ3n) is 5.99. The standard InChI is InChI=1S/C24H20F3N3O4/c1-2-9-30-17-12-29(11-14-3-8-18-19(10-14)34-13-33-18)22(31)20(17)21(28-23(30)32)15-4-6-16(7-5-15)24(25,26)27/h2-8,10,21H,1,9,11-13H2,(H,28,32). The molecule has 0 saturated heterocycles. The molecule has 176 valence electrons. The number of amides is 3. The molecule has 3 aliphatic rings. The van der Waals surface area contributed by atoms with Crippen LogP contribution in [0.5, 0.6) is 11.5 Å². The molecule has 0 fully saturated rings. The second kappa shape index (κ2) is 8.12. The zero-order valence-electron chi connectivity index (χ0n) is 17.9. The highest BCUT2D eigenvalue weighted by atomic mass is 19.4. The molecule has 1 unspecified atom stereocenters. The molecule has 0 spiro atoms. The minimum atomic E-state index is -4.48. The number of nitrogens with zero attached hydrogens (tertiary/aromatic N) is 2. The van der Waals surface area contributed by atoms with E-state index in [4.69, 9.17) is 9.47 Å². The highest BCUT2D eigenvalue weighted by Gasteiger charge is 2.44. The Hall–Kier alpha value is -3.95. The first kappa shape index (κ1) is 21.9. The summed E-state index contributed by atoms with van der Waals surface area (Å²) in [6.07, 6.45) is -2.93. The van der Waals surface area contributed by atoms with Gasteiger partial charge in [-0.15, -0.1) is 6.58 Å². The van der Waals surface area contributed by atoms with E-state index in [1.54, 1.807) is 23.1 Å². The Kier molecular flexibility index (Phi) is 5.22. The Labute approximate surface area is 193 Å². The topological polar surface area (TPSA) is 71.1 Å². The molecule has 2 aromatic rings. The van der Waals surface area contributed by atoms with Gasteiger partial charge < -0.3 is 19.7 Å². The molecule has 5 rings (SSSR count). The average Bonchev–Trinajstić information content (AvgIpc) is 3.39. The lowest BCUT2D eigenvalue weighted by Gasteiger charge is -2.33. The molecule has 34 heavy (non-hydrogen) atoms. The minimum absolute atomic E-state index is 0.135. The summed E-state index contributed by atoms with van der Waals surface area (Å²) in [4.78, 5) is 29.3. The van der Waals surface area contributed by atoms with E-state index in [1.807, 2.05) is 6.07 Å². The zero-order valence-corrected chi connectivity index (χ0v) is 17.9. The van der Waals surface area contributed by atoms with Gasteiger partial charge in [-0.1, -0.05) is 24.3 Å². The molecule has 3 aliphatic heterocycles. The van der Waals surface area contributed by atoms with Gasteiger partial charge in [-0.25, -0.2) is 4.79 Å². The number of benzene rings is 2. The van der Waals surface area contributed by atoms with Crippen LogP contribution in [0.4, 0.5) is 18.0 Å². The number of carbonyl (C=O) groups excluding carboxylic acids is 2. The van der Waals surface area contributed by atoms with Crippen LogP contribution in [0.3, 0.4) is 0 Å². The summed E-state index contributed by atoms with van der Waals surface area (Å²) in [5, 5.41) is 2.76. The molecule has 1 N–H and O–H groups in total. The van der Waals surface area contributed by atoms with Crippen molar-refractivity contribution in [1.29, 1.82) is 0 Å². The van der Waals surface area contributed by atoms with Crippen molar-refractivity contribution in [3.05, 3.63) is 83.1 Å². The molecule has 0 radical (unpaired) electrons. The first-order valence-electron chi connectivity index (χ1n) is 10.5. The number of halogens is 3. The highest BCUT2D eigenvalue weighted by molar-refractivity contribution is 6.01. The fraction of sp³-hybridized carbons (Fsp3) is 0.250. The second-order valence-corrected chi connectivity index (χ2v) is 8.11. The summed E-state index contributed by atoms with van der Waals surface area (Å²) in [7, 11) is 0. The van der Waals surface area contributed by atoms with Gasteiger partial charge in [0.1, 0.15) is 0 Å². The summed E-state index contributed by atoms with van der Waals surface area (Å²) in [5.74, 6) is 0.921. The number of hydrogen-bond donors (Lipinski definition) is 1. The number of ether oxygens (including phenoxy) is 2. The van der Waals surface area contributed by atoms with Gasteiger partial charge in [0.2, 0.25) is 6.79 Å². The lowest BCUT2D eigenvalue weighted by atomic mass is 9.94. The Morgan fingerprint density at radius 1 is 1.09 bits per heavy atom. The van der Waals surface area contributed by atoms with E-state index in [0.29, 0.717) is 28.3 Å². The monoisotopic (exact) mass is 471 g/mol. The van der Waals surface area contributed by atoms with Gasteiger partial charge in [0.05, 0.1) is 29.4 Å². The Morgan fingerprint density at radius 3 is 2.53 bits per heavy atom. The maximum absolute atomic E-state index is 13.5. The van der Waals surface area contributed by atoms with E-state index < -0.39 is 23.8 Å². The molecular weight excluding hydrogens is 451 g/mol. The van der Waals surface area contributed by atoms with Crippen molar-refractivity contribution in [2.45, 2.75) is 18.8 Å². The lowest BCUT2D eigenvalue weighted by Crippen LogP contribution is -2.47. The third-order valence-corrected chi connectivity index (χ3v) is 5.99. The van der Waals surface area contributed by atoms with Crippen LogP contribution in [0.1, 0.15) is 22.7 Å². The first-order chi connectivity index (χ1) is 16.3. The van der Waals surface area contributed by atoms with Gasteiger partial charge in [0.15, 0.2) is 11.5 Å². The summed E-state index contributed by atoms with van der Waals surface area (Å²) >= 11 is 0. The van der Waals surface area contributed by atoms with Crippen molar-refractivity contribution in [2.24, 2.45) is 0 Å². The number of alkyl halides is 3. The maximum atomic E-state index is 13.5. The van der Waals surface area contributed by atoms with Crippen LogP contribution in [0.15, 0.2) is 66.4 Å². The van der Waals surface area contributed by atoms with Crippen LogP contribution in [0, 0.1) is 0 Å². The summed E-state index contributed by atoms with van der Waals surface area (Å²) in [6, 6.07) is 8.56. The van der Waals surface area contributed by atoms with Gasteiger partial charge in [0, 0.05) is 13.1 Å². The average molecular weight is 471 g/mol. The van der Waals surface area contributed by atoms with E-state index in [2.05, 4.69) is 11.9 Å². The number of urea groups is 1. The van der Waals surface area contributed by atoms with Gasteiger partial charge in [0.25, 0.3) is 5.91 Å². The van der Waals surface area contributed by atoms with Crippen LogP contribution in [-0.4, -0.2) is 41.6 Å². The summed E-state index contributed by atoms with van der Waals surface area (Å²) in [6.45, 7) is 4.45. The molecule has 0 saturated carbocycles. The van der Waals surface area contributed by atoms with Gasteiger partial charge in [-0.05, 0) is 35.4 Å². The van der Waals surface area contributed by atoms with E-state index in [9.17, 15) is 22.8 Å². The fourth-order valence-electron chi connectivity index (χ4n) is 4.37. The van der Waals surface area contributed by atoms with Gasteiger partial charge >= 0.3 is 12.2 Å². The van der Waals surface area contributed by atoms with Gasteiger partial charge in [-0.2, -0.15) is 13.2 Å². The number of nitrogens with one attached hydrogen (secondary N) is 1. The minimum Gasteiger partial charge on any atom is -0.454 e. The van der Waals surface area contributed by atoms with E-state index >= 15 is 0 Å². The summed E-state index contributed by atoms with van der Waals surface area (Å²) in [5.41, 5.74) is 1.26. The van der Waals surface area contributed by atoms with Crippen molar-refractivity contribution in [3.63, 3.8) is 0 Å². The molecule has 1 atom stereocenters. The van der Waals surface area contributed by atoms with E-state index in [0.717, 1.165) is 17.7 Å². The quantitative estimate of drug-likeness (QED) is 0.670. The number of rotatable bonds is 5. The Bertz CT molecular complexity index is 1210. The molecular formula is C24H20F3N3O4. The lowest BCUT2D eigenvalue weighted by molar-refractivity contribution is -0.137. The largest absolute Gasteiger partial charge is 0.454 e. The molecule has 7 nitrogen and oxygen atoms in total. The maximum Gasteiger partial charge on any atom is 0.416 e. The van der Waals surface area contributed by atoms with Crippen molar-refractivity contribution in [1.82, 2.24) is 15.1 Å². The molecule has 2 aromatic carbocycles. The predicted octanol–water partition coefficient (Wildman–Crippen LogP) is 3.98. The number of fused-ring (bicyclic) bond motifs is 1. The number of hydrogen-bond acceptors (Lipinski definition) is 4. The van der Waals surface area contributed by atoms with Crippen LogP contribution < -0.4 is 14.8 Å². The van der Waals surface area contributed by atoms with Crippen molar-refractivity contribution < 1.29 is 32.2 Å². The zero-order chi connectivity index (χ0) is 24.0. The van der Waals surface area contributed by atoms with Crippen LogP contribution in [0.25, 0.3) is 0 Å². The second-order valence-electron chi connectivity index (χ2n) is 8.11. The van der Waals surface area contributed by atoms with Crippen molar-refractivity contribution in [2.75, 3.05) is 19.9 Å². The Balaban J connectivity index is 1.46. The molecule has 0 aromatic heterocycles. The van der Waals surface area contributed by atoms with Crippen LogP contribution in [0.2, 0.25) is 0 Å². The molecule has 10 heteroatoms.